The summed E-state index contributed by atoms with van der Waals surface area (Å²) in [7, 11) is 0. The maximum Gasteiger partial charge on any atom is 0.226 e. The Hall–Kier alpha value is -2.14. The van der Waals surface area contributed by atoms with Crippen LogP contribution in [0, 0.1) is 6.92 Å². The maximum absolute atomic E-state index is 12.2. The van der Waals surface area contributed by atoms with Crippen LogP contribution in [0.2, 0.25) is 0 Å². The first kappa shape index (κ1) is 15.7. The molecule has 5 nitrogen and oxygen atoms in total. The average molecular weight is 314 g/mol. The largest absolute Gasteiger partial charge is 0.441 e. The lowest BCUT2D eigenvalue weighted by atomic mass is 10.1. The second kappa shape index (κ2) is 6.96. The maximum atomic E-state index is 12.2. The average Bonchev–Trinajstić information content (AvgIpc) is 3.19. The van der Waals surface area contributed by atoms with Crippen molar-refractivity contribution in [2.45, 2.75) is 45.3 Å². The number of nitrogens with zero attached hydrogens (tertiary/aromatic N) is 1. The summed E-state index contributed by atoms with van der Waals surface area (Å²) < 4.78 is 11.3. The number of oxazole rings is 1. The fourth-order valence-corrected chi connectivity index (χ4v) is 2.84. The molecular formula is C18H22N2O3. The van der Waals surface area contributed by atoms with Crippen molar-refractivity contribution in [3.05, 3.63) is 41.8 Å². The van der Waals surface area contributed by atoms with E-state index >= 15 is 0 Å². The summed E-state index contributed by atoms with van der Waals surface area (Å²) in [4.78, 5) is 16.7. The van der Waals surface area contributed by atoms with E-state index in [2.05, 4.69) is 10.3 Å². The number of benzene rings is 1. The Balaban J connectivity index is 1.63. The van der Waals surface area contributed by atoms with Crippen molar-refractivity contribution < 1.29 is 13.9 Å². The highest BCUT2D eigenvalue weighted by atomic mass is 16.5. The molecule has 0 radical (unpaired) electrons. The zero-order valence-corrected chi connectivity index (χ0v) is 13.5. The fourth-order valence-electron chi connectivity index (χ4n) is 2.84. The van der Waals surface area contributed by atoms with Crippen LogP contribution in [0.3, 0.4) is 0 Å². The highest BCUT2D eigenvalue weighted by molar-refractivity contribution is 5.78. The van der Waals surface area contributed by atoms with Gasteiger partial charge in [-0.3, -0.25) is 4.79 Å². The first-order valence-corrected chi connectivity index (χ1v) is 8.06. The Morgan fingerprint density at radius 2 is 2.17 bits per heavy atom. The van der Waals surface area contributed by atoms with Gasteiger partial charge in [0.2, 0.25) is 11.8 Å². The number of amides is 1. The minimum Gasteiger partial charge on any atom is -0.441 e. The topological polar surface area (TPSA) is 64.4 Å². The number of carbonyl (C=O) groups excluding carboxylic acids is 1. The molecule has 2 heterocycles. The third-order valence-corrected chi connectivity index (χ3v) is 4.15. The minimum atomic E-state index is -0.0518. The van der Waals surface area contributed by atoms with Gasteiger partial charge >= 0.3 is 0 Å². The van der Waals surface area contributed by atoms with Gasteiger partial charge in [-0.15, -0.1) is 0 Å². The van der Waals surface area contributed by atoms with Crippen molar-refractivity contribution in [2.75, 3.05) is 6.61 Å². The van der Waals surface area contributed by atoms with Gasteiger partial charge in [-0.2, -0.15) is 0 Å². The highest BCUT2D eigenvalue weighted by Crippen LogP contribution is 2.22. The van der Waals surface area contributed by atoms with Gasteiger partial charge in [-0.05, 0) is 38.8 Å². The van der Waals surface area contributed by atoms with Crippen LogP contribution in [0.4, 0.5) is 0 Å². The van der Waals surface area contributed by atoms with Crippen LogP contribution < -0.4 is 5.32 Å². The van der Waals surface area contributed by atoms with E-state index in [1.54, 1.807) is 0 Å². The third kappa shape index (κ3) is 3.79. The normalized spacial score (nSPS) is 18.8. The van der Waals surface area contributed by atoms with E-state index in [-0.39, 0.29) is 24.5 Å². The molecule has 2 atom stereocenters. The number of ether oxygens (including phenoxy) is 1. The molecule has 1 fully saturated rings. The lowest BCUT2D eigenvalue weighted by molar-refractivity contribution is -0.122. The Kier molecular flexibility index (Phi) is 4.76. The van der Waals surface area contributed by atoms with Gasteiger partial charge < -0.3 is 14.5 Å². The lowest BCUT2D eigenvalue weighted by Crippen LogP contribution is -2.41. The zero-order valence-electron chi connectivity index (χ0n) is 13.5. The Morgan fingerprint density at radius 3 is 2.87 bits per heavy atom. The van der Waals surface area contributed by atoms with Crippen LogP contribution in [0.15, 0.2) is 34.7 Å². The van der Waals surface area contributed by atoms with E-state index in [4.69, 9.17) is 9.15 Å². The quantitative estimate of drug-likeness (QED) is 0.921. The Morgan fingerprint density at radius 1 is 1.39 bits per heavy atom. The van der Waals surface area contributed by atoms with Crippen molar-refractivity contribution in [3.8, 4) is 11.5 Å². The molecule has 1 N–H and O–H groups in total. The van der Waals surface area contributed by atoms with Crippen LogP contribution >= 0.6 is 0 Å². The number of hydrogen-bond acceptors (Lipinski definition) is 4. The summed E-state index contributed by atoms with van der Waals surface area (Å²) in [6.07, 6.45) is 2.41. The van der Waals surface area contributed by atoms with E-state index in [0.29, 0.717) is 17.3 Å². The molecule has 2 aromatic rings. The number of carbonyl (C=O) groups is 1. The van der Waals surface area contributed by atoms with Crippen LogP contribution in [-0.4, -0.2) is 29.6 Å². The van der Waals surface area contributed by atoms with E-state index in [9.17, 15) is 4.79 Å². The van der Waals surface area contributed by atoms with Crippen LogP contribution in [0.1, 0.15) is 31.2 Å². The molecule has 0 unspecified atom stereocenters. The molecule has 0 spiro atoms. The first-order chi connectivity index (χ1) is 11.1. The fraction of sp³-hybridized carbons (Fsp3) is 0.444. The van der Waals surface area contributed by atoms with Gasteiger partial charge in [-0.1, -0.05) is 18.2 Å². The smallest absolute Gasteiger partial charge is 0.226 e. The van der Waals surface area contributed by atoms with Crippen molar-refractivity contribution >= 4 is 5.91 Å². The summed E-state index contributed by atoms with van der Waals surface area (Å²) in [6.45, 7) is 4.61. The molecule has 0 aliphatic carbocycles. The molecule has 23 heavy (non-hydrogen) atoms. The molecule has 0 bridgehead atoms. The monoisotopic (exact) mass is 314 g/mol. The van der Waals surface area contributed by atoms with E-state index < -0.39 is 0 Å². The molecule has 122 valence electrons. The van der Waals surface area contributed by atoms with Gasteiger partial charge in [0.25, 0.3) is 0 Å². The predicted molar refractivity (Wildman–Crippen MR) is 87.0 cm³/mol. The third-order valence-electron chi connectivity index (χ3n) is 4.15. The number of hydrogen-bond donors (Lipinski definition) is 1. The molecular weight excluding hydrogens is 292 g/mol. The molecule has 1 amide bonds. The van der Waals surface area contributed by atoms with Crippen molar-refractivity contribution in [1.82, 2.24) is 10.3 Å². The van der Waals surface area contributed by atoms with Crippen molar-refractivity contribution in [1.29, 1.82) is 0 Å². The van der Waals surface area contributed by atoms with Crippen molar-refractivity contribution in [2.24, 2.45) is 0 Å². The van der Waals surface area contributed by atoms with Gasteiger partial charge in [0.05, 0.1) is 24.3 Å². The second-order valence-corrected chi connectivity index (χ2v) is 5.97. The molecule has 1 aromatic heterocycles. The second-order valence-electron chi connectivity index (χ2n) is 5.97. The number of aryl methyl sites for hydroxylation is 1. The highest BCUT2D eigenvalue weighted by Gasteiger charge is 2.24. The van der Waals surface area contributed by atoms with Gasteiger partial charge in [0.1, 0.15) is 5.76 Å². The van der Waals surface area contributed by atoms with Gasteiger partial charge in [0, 0.05) is 12.2 Å². The predicted octanol–water partition coefficient (Wildman–Crippen LogP) is 2.88. The minimum absolute atomic E-state index is 0.0193. The zero-order chi connectivity index (χ0) is 16.2. The summed E-state index contributed by atoms with van der Waals surface area (Å²) in [5, 5.41) is 3.00. The summed E-state index contributed by atoms with van der Waals surface area (Å²) >= 11 is 0. The summed E-state index contributed by atoms with van der Waals surface area (Å²) in [5.41, 5.74) is 1.59. The summed E-state index contributed by atoms with van der Waals surface area (Å²) in [5.74, 6) is 1.19. The molecule has 1 aromatic carbocycles. The molecule has 5 heteroatoms. The molecule has 0 saturated carbocycles. The van der Waals surface area contributed by atoms with Crippen LogP contribution in [0.5, 0.6) is 0 Å². The van der Waals surface area contributed by atoms with E-state index in [1.807, 2.05) is 44.2 Å². The molecule has 1 saturated heterocycles. The van der Waals surface area contributed by atoms with Gasteiger partial charge in [0.15, 0.2) is 0 Å². The number of nitrogens with one attached hydrogen (secondary N) is 1. The molecule has 1 aliphatic rings. The van der Waals surface area contributed by atoms with Crippen LogP contribution in [0.25, 0.3) is 11.5 Å². The Bertz CT molecular complexity index is 660. The van der Waals surface area contributed by atoms with Crippen molar-refractivity contribution in [3.63, 3.8) is 0 Å². The standard InChI is InChI=1S/C18H22N2O3/c1-12(16-9-6-10-22-16)19-17(21)11-15-13(2)23-18(20-15)14-7-4-3-5-8-14/h3-5,7-8,12,16H,6,9-11H2,1-2H3,(H,19,21)/t12-,16+/m1/s1. The summed E-state index contributed by atoms with van der Waals surface area (Å²) in [6, 6.07) is 9.71. The SMILES string of the molecule is Cc1oc(-c2ccccc2)nc1CC(=O)N[C@H](C)[C@@H]1CCCO1. The number of aromatic nitrogens is 1. The van der Waals surface area contributed by atoms with E-state index in [0.717, 1.165) is 25.0 Å². The van der Waals surface area contributed by atoms with Gasteiger partial charge in [-0.25, -0.2) is 4.98 Å². The molecule has 1 aliphatic heterocycles. The Labute approximate surface area is 136 Å². The first-order valence-electron chi connectivity index (χ1n) is 8.06. The number of rotatable bonds is 5. The lowest BCUT2D eigenvalue weighted by Gasteiger charge is -2.19. The van der Waals surface area contributed by atoms with E-state index in [1.165, 1.54) is 0 Å². The molecule has 3 rings (SSSR count). The van der Waals surface area contributed by atoms with Crippen LogP contribution in [-0.2, 0) is 16.0 Å².